The Labute approximate surface area is 146 Å². The second-order valence-corrected chi connectivity index (χ2v) is 10.3. The first-order chi connectivity index (χ1) is 10.6. The first-order valence-corrected chi connectivity index (χ1v) is 9.58. The van der Waals surface area contributed by atoms with Gasteiger partial charge in [-0.1, -0.05) is 82.4 Å². The van der Waals surface area contributed by atoms with Crippen LogP contribution in [0.2, 0.25) is 0 Å². The van der Waals surface area contributed by atoms with Crippen LogP contribution in [0.3, 0.4) is 0 Å². The number of aromatic nitrogens is 2. The highest BCUT2D eigenvalue weighted by Crippen LogP contribution is 2.40. The zero-order valence-electron chi connectivity index (χ0n) is 14.9. The van der Waals surface area contributed by atoms with Crippen molar-refractivity contribution in [1.29, 1.82) is 0 Å². The van der Waals surface area contributed by atoms with Crippen molar-refractivity contribution in [2.24, 2.45) is 0 Å². The molecule has 2 aromatic heterocycles. The van der Waals surface area contributed by atoms with E-state index in [0.717, 1.165) is 19.7 Å². The van der Waals surface area contributed by atoms with Crippen LogP contribution in [0.4, 0.5) is 0 Å². The minimum atomic E-state index is 0.0824. The lowest BCUT2D eigenvalue weighted by Crippen LogP contribution is -2.17. The van der Waals surface area contributed by atoms with Crippen molar-refractivity contribution in [2.75, 3.05) is 0 Å². The summed E-state index contributed by atoms with van der Waals surface area (Å²) in [6.07, 6.45) is 0. The Morgan fingerprint density at radius 2 is 1.48 bits per heavy atom. The van der Waals surface area contributed by atoms with Crippen molar-refractivity contribution in [1.82, 2.24) is 9.97 Å². The molecule has 0 spiro atoms. The highest BCUT2D eigenvalue weighted by Gasteiger charge is 2.24. The molecule has 0 unspecified atom stereocenters. The predicted octanol–water partition coefficient (Wildman–Crippen LogP) is 6.32. The molecule has 3 aromatic rings. The molecule has 0 aliphatic carbocycles. The van der Waals surface area contributed by atoms with E-state index in [1.54, 1.807) is 22.7 Å². The predicted molar refractivity (Wildman–Crippen MR) is 103 cm³/mol. The van der Waals surface area contributed by atoms with E-state index < -0.39 is 0 Å². The van der Waals surface area contributed by atoms with Gasteiger partial charge < -0.3 is 0 Å². The van der Waals surface area contributed by atoms with Gasteiger partial charge in [0, 0.05) is 5.56 Å². The summed E-state index contributed by atoms with van der Waals surface area (Å²) in [5.74, 6) is 0. The molecule has 3 rings (SSSR count). The number of hydrogen-bond acceptors (Lipinski definition) is 4. The molecule has 0 saturated heterocycles. The van der Waals surface area contributed by atoms with Gasteiger partial charge in [-0.25, -0.2) is 9.97 Å². The fourth-order valence-corrected chi connectivity index (χ4v) is 4.65. The topological polar surface area (TPSA) is 25.8 Å². The lowest BCUT2D eigenvalue weighted by atomic mass is 9.78. The average molecular weight is 345 g/mol. The zero-order chi connectivity index (χ0) is 17.0. The Balaban J connectivity index is 2.19. The summed E-state index contributed by atoms with van der Waals surface area (Å²) in [5.41, 5.74) is 4.22. The van der Waals surface area contributed by atoms with E-state index in [1.165, 1.54) is 16.7 Å². The quantitative estimate of drug-likeness (QED) is 0.516. The van der Waals surface area contributed by atoms with Crippen LogP contribution in [0.5, 0.6) is 0 Å². The van der Waals surface area contributed by atoms with Crippen molar-refractivity contribution in [2.45, 2.75) is 59.3 Å². The van der Waals surface area contributed by atoms with Crippen molar-refractivity contribution >= 4 is 32.3 Å². The molecular weight excluding hydrogens is 320 g/mol. The summed E-state index contributed by atoms with van der Waals surface area (Å²) in [4.78, 5) is 11.5. The molecule has 0 saturated carbocycles. The van der Waals surface area contributed by atoms with Crippen LogP contribution in [0.25, 0.3) is 20.2 Å². The Bertz CT molecular complexity index is 826. The number of fused-ring (bicyclic) bond motifs is 1. The lowest BCUT2D eigenvalue weighted by Gasteiger charge is -2.27. The average Bonchev–Trinajstić information content (AvgIpc) is 2.93. The maximum atomic E-state index is 4.84. The maximum absolute atomic E-state index is 4.84. The van der Waals surface area contributed by atoms with Gasteiger partial charge in [0.05, 0.1) is 5.01 Å². The Morgan fingerprint density at radius 1 is 0.826 bits per heavy atom. The molecule has 1 aromatic carbocycles. The molecule has 0 aliphatic rings. The smallest absolute Gasteiger partial charge is 0.155 e. The first-order valence-electron chi connectivity index (χ1n) is 7.95. The molecule has 0 amide bonds. The second-order valence-electron chi connectivity index (χ2n) is 8.12. The molecular formula is C19H24N2S2. The van der Waals surface area contributed by atoms with Crippen molar-refractivity contribution in [3.8, 4) is 10.6 Å². The van der Waals surface area contributed by atoms with E-state index >= 15 is 0 Å². The molecule has 2 heterocycles. The largest absolute Gasteiger partial charge is 0.229 e. The first kappa shape index (κ1) is 16.6. The minimum Gasteiger partial charge on any atom is -0.229 e. The van der Waals surface area contributed by atoms with E-state index in [1.807, 2.05) is 6.92 Å². The molecule has 23 heavy (non-hydrogen) atoms. The van der Waals surface area contributed by atoms with Gasteiger partial charge in [-0.05, 0) is 28.9 Å². The second kappa shape index (κ2) is 5.38. The number of thiazole rings is 2. The van der Waals surface area contributed by atoms with Gasteiger partial charge in [0.2, 0.25) is 0 Å². The number of aryl methyl sites for hydroxylation is 1. The van der Waals surface area contributed by atoms with Gasteiger partial charge in [-0.15, -0.1) is 0 Å². The molecule has 0 N–H and O–H groups in total. The molecule has 2 nitrogen and oxygen atoms in total. The summed E-state index contributed by atoms with van der Waals surface area (Å²) >= 11 is 3.38. The standard InChI is InChI=1S/C19H24N2S2/c1-11-20-16-17(22-11)21-15(23-16)13-9-8-12(18(2,3)4)10-14(13)19(5,6)7/h8-10H,1-7H3. The third kappa shape index (κ3) is 3.20. The summed E-state index contributed by atoms with van der Waals surface area (Å²) in [6, 6.07) is 6.86. The van der Waals surface area contributed by atoms with E-state index in [0.29, 0.717) is 0 Å². The van der Waals surface area contributed by atoms with E-state index in [4.69, 9.17) is 4.98 Å². The molecule has 0 aliphatic heterocycles. The SMILES string of the molecule is Cc1nc2sc(-c3ccc(C(C)(C)C)cc3C(C)(C)C)nc2s1. The highest BCUT2D eigenvalue weighted by atomic mass is 32.1. The molecule has 0 radical (unpaired) electrons. The number of benzene rings is 1. The maximum Gasteiger partial charge on any atom is 0.155 e. The third-order valence-corrected chi connectivity index (χ3v) is 5.98. The summed E-state index contributed by atoms with van der Waals surface area (Å²) in [7, 11) is 0. The van der Waals surface area contributed by atoms with Crippen LogP contribution in [-0.4, -0.2) is 9.97 Å². The highest BCUT2D eigenvalue weighted by molar-refractivity contribution is 7.28. The van der Waals surface area contributed by atoms with Gasteiger partial charge >= 0.3 is 0 Å². The van der Waals surface area contributed by atoms with Crippen LogP contribution in [0.1, 0.15) is 57.7 Å². The van der Waals surface area contributed by atoms with E-state index in [9.17, 15) is 0 Å². The summed E-state index contributed by atoms with van der Waals surface area (Å²) in [6.45, 7) is 15.7. The third-order valence-electron chi connectivity index (χ3n) is 4.01. The fourth-order valence-electron chi connectivity index (χ4n) is 2.67. The van der Waals surface area contributed by atoms with Crippen LogP contribution < -0.4 is 0 Å². The molecule has 0 bridgehead atoms. The number of hydrogen-bond donors (Lipinski definition) is 0. The van der Waals surface area contributed by atoms with Gasteiger partial charge in [0.15, 0.2) is 9.66 Å². The Morgan fingerprint density at radius 3 is 2.04 bits per heavy atom. The monoisotopic (exact) mass is 344 g/mol. The van der Waals surface area contributed by atoms with Crippen molar-refractivity contribution < 1.29 is 0 Å². The van der Waals surface area contributed by atoms with Crippen LogP contribution in [-0.2, 0) is 10.8 Å². The Hall–Kier alpha value is -1.26. The van der Waals surface area contributed by atoms with Crippen LogP contribution in [0, 0.1) is 6.92 Å². The summed E-state index contributed by atoms with van der Waals surface area (Å²) in [5, 5.41) is 2.17. The van der Waals surface area contributed by atoms with Gasteiger partial charge in [0.25, 0.3) is 0 Å². The van der Waals surface area contributed by atoms with Crippen LogP contribution in [0.15, 0.2) is 18.2 Å². The van der Waals surface area contributed by atoms with E-state index in [2.05, 4.69) is 64.7 Å². The molecule has 0 atom stereocenters. The van der Waals surface area contributed by atoms with Gasteiger partial charge in [-0.2, -0.15) is 0 Å². The van der Waals surface area contributed by atoms with Crippen LogP contribution >= 0.6 is 22.7 Å². The molecule has 122 valence electrons. The Kier molecular flexibility index (Phi) is 3.88. The lowest BCUT2D eigenvalue weighted by molar-refractivity contribution is 0.570. The fraction of sp³-hybridized carbons (Fsp3) is 0.474. The summed E-state index contributed by atoms with van der Waals surface area (Å²) < 4.78 is 0. The molecule has 4 heteroatoms. The molecule has 0 fully saturated rings. The van der Waals surface area contributed by atoms with Gasteiger partial charge in [0.1, 0.15) is 5.01 Å². The normalized spacial score (nSPS) is 13.0. The van der Waals surface area contributed by atoms with Crippen molar-refractivity contribution in [3.63, 3.8) is 0 Å². The zero-order valence-corrected chi connectivity index (χ0v) is 16.6. The van der Waals surface area contributed by atoms with E-state index in [-0.39, 0.29) is 10.8 Å². The minimum absolute atomic E-state index is 0.0824. The number of rotatable bonds is 1. The number of nitrogens with zero attached hydrogens (tertiary/aromatic N) is 2. The van der Waals surface area contributed by atoms with Crippen molar-refractivity contribution in [3.05, 3.63) is 34.3 Å². The van der Waals surface area contributed by atoms with Gasteiger partial charge in [-0.3, -0.25) is 0 Å².